The number of nitrogens with zero attached hydrogens (tertiary/aromatic N) is 1. The molecule has 0 bridgehead atoms. The Hall–Kier alpha value is -1.29. The molecule has 0 radical (unpaired) electrons. The summed E-state index contributed by atoms with van der Waals surface area (Å²) in [6, 6.07) is 1.85. The summed E-state index contributed by atoms with van der Waals surface area (Å²) in [6.07, 6.45) is 3.36. The van der Waals surface area contributed by atoms with Gasteiger partial charge in [-0.2, -0.15) is 0 Å². The van der Waals surface area contributed by atoms with Crippen molar-refractivity contribution in [3.63, 3.8) is 0 Å². The third-order valence-electron chi connectivity index (χ3n) is 2.03. The third-order valence-corrected chi connectivity index (χ3v) is 2.03. The van der Waals surface area contributed by atoms with Crippen LogP contribution < -0.4 is 11.1 Å². The largest absolute Gasteiger partial charge is 0.397 e. The number of nitrogens with one attached hydrogen (secondary N) is 1. The van der Waals surface area contributed by atoms with Crippen molar-refractivity contribution in [2.45, 2.75) is 19.4 Å². The standard InChI is InChI=1S/C10H17N3O/c1-10(2,14-3)7-13-9-4-8(11)5-12-6-9/h4-6,13H,7,11H2,1-3H3. The molecule has 0 amide bonds. The highest BCUT2D eigenvalue weighted by Crippen LogP contribution is 2.12. The summed E-state index contributed by atoms with van der Waals surface area (Å²) in [6.45, 7) is 4.74. The zero-order valence-corrected chi connectivity index (χ0v) is 8.87. The molecule has 3 N–H and O–H groups in total. The van der Waals surface area contributed by atoms with Crippen molar-refractivity contribution in [3.8, 4) is 0 Å². The fourth-order valence-electron chi connectivity index (χ4n) is 0.941. The number of nitrogen functional groups attached to an aromatic ring is 1. The van der Waals surface area contributed by atoms with Crippen LogP contribution in [0.2, 0.25) is 0 Å². The van der Waals surface area contributed by atoms with Gasteiger partial charge in [-0.25, -0.2) is 0 Å². The summed E-state index contributed by atoms with van der Waals surface area (Å²) >= 11 is 0. The molecular weight excluding hydrogens is 178 g/mol. The Morgan fingerprint density at radius 1 is 1.50 bits per heavy atom. The normalized spacial score (nSPS) is 11.4. The molecule has 0 unspecified atom stereocenters. The molecule has 0 saturated heterocycles. The summed E-state index contributed by atoms with van der Waals surface area (Å²) in [5, 5.41) is 3.21. The molecule has 1 heterocycles. The number of rotatable bonds is 4. The SMILES string of the molecule is COC(C)(C)CNc1cncc(N)c1. The van der Waals surface area contributed by atoms with E-state index in [-0.39, 0.29) is 5.60 Å². The minimum atomic E-state index is -0.190. The number of aromatic nitrogens is 1. The van der Waals surface area contributed by atoms with Gasteiger partial charge in [-0.05, 0) is 19.9 Å². The van der Waals surface area contributed by atoms with Crippen LogP contribution in [0.3, 0.4) is 0 Å². The average molecular weight is 195 g/mol. The van der Waals surface area contributed by atoms with Gasteiger partial charge in [0, 0.05) is 19.9 Å². The maximum absolute atomic E-state index is 5.60. The van der Waals surface area contributed by atoms with E-state index in [0.717, 1.165) is 5.69 Å². The molecule has 78 valence electrons. The minimum Gasteiger partial charge on any atom is -0.397 e. The third kappa shape index (κ3) is 3.22. The lowest BCUT2D eigenvalue weighted by atomic mass is 10.1. The Morgan fingerprint density at radius 3 is 2.79 bits per heavy atom. The van der Waals surface area contributed by atoms with E-state index < -0.39 is 0 Å². The molecule has 14 heavy (non-hydrogen) atoms. The highest BCUT2D eigenvalue weighted by molar-refractivity contribution is 5.51. The summed E-state index contributed by atoms with van der Waals surface area (Å²) in [5.41, 5.74) is 6.98. The van der Waals surface area contributed by atoms with Crippen molar-refractivity contribution < 1.29 is 4.74 Å². The number of hydrogen-bond acceptors (Lipinski definition) is 4. The molecule has 0 aliphatic heterocycles. The second-order valence-electron chi connectivity index (χ2n) is 3.82. The van der Waals surface area contributed by atoms with E-state index >= 15 is 0 Å². The van der Waals surface area contributed by atoms with Crippen molar-refractivity contribution >= 4 is 11.4 Å². The molecule has 0 fully saturated rings. The van der Waals surface area contributed by atoms with Gasteiger partial charge < -0.3 is 15.8 Å². The van der Waals surface area contributed by atoms with Crippen LogP contribution in [-0.4, -0.2) is 24.2 Å². The molecule has 0 aliphatic carbocycles. The van der Waals surface area contributed by atoms with Gasteiger partial charge in [-0.1, -0.05) is 0 Å². The monoisotopic (exact) mass is 195 g/mol. The van der Waals surface area contributed by atoms with E-state index in [2.05, 4.69) is 10.3 Å². The van der Waals surface area contributed by atoms with E-state index in [0.29, 0.717) is 12.2 Å². The van der Waals surface area contributed by atoms with Gasteiger partial charge in [0.1, 0.15) is 0 Å². The Kier molecular flexibility index (Phi) is 3.30. The van der Waals surface area contributed by atoms with Crippen molar-refractivity contribution in [2.75, 3.05) is 24.7 Å². The topological polar surface area (TPSA) is 60.2 Å². The molecule has 0 aromatic carbocycles. The first kappa shape index (κ1) is 10.8. The molecule has 0 spiro atoms. The van der Waals surface area contributed by atoms with Crippen LogP contribution in [0.4, 0.5) is 11.4 Å². The van der Waals surface area contributed by atoms with Crippen LogP contribution in [0, 0.1) is 0 Å². The minimum absolute atomic E-state index is 0.190. The van der Waals surface area contributed by atoms with Crippen molar-refractivity contribution in [2.24, 2.45) is 0 Å². The van der Waals surface area contributed by atoms with Crippen LogP contribution >= 0.6 is 0 Å². The fraction of sp³-hybridized carbons (Fsp3) is 0.500. The van der Waals surface area contributed by atoms with Gasteiger partial charge >= 0.3 is 0 Å². The van der Waals surface area contributed by atoms with Crippen LogP contribution in [0.5, 0.6) is 0 Å². The van der Waals surface area contributed by atoms with E-state index in [9.17, 15) is 0 Å². The Morgan fingerprint density at radius 2 is 2.21 bits per heavy atom. The second-order valence-corrected chi connectivity index (χ2v) is 3.82. The van der Waals surface area contributed by atoms with Gasteiger partial charge in [0.2, 0.25) is 0 Å². The Bertz CT molecular complexity index is 299. The quantitative estimate of drug-likeness (QED) is 0.764. The van der Waals surface area contributed by atoms with Gasteiger partial charge in [-0.15, -0.1) is 0 Å². The lowest BCUT2D eigenvalue weighted by Crippen LogP contribution is -2.32. The molecular formula is C10H17N3O. The van der Waals surface area contributed by atoms with Crippen molar-refractivity contribution in [1.82, 2.24) is 4.98 Å². The molecule has 0 aliphatic rings. The summed E-state index contributed by atoms with van der Waals surface area (Å²) in [7, 11) is 1.69. The van der Waals surface area contributed by atoms with Crippen LogP contribution in [0.1, 0.15) is 13.8 Å². The first-order chi connectivity index (χ1) is 6.53. The molecule has 1 rings (SSSR count). The van der Waals surface area contributed by atoms with Crippen molar-refractivity contribution in [3.05, 3.63) is 18.5 Å². The second kappa shape index (κ2) is 4.28. The van der Waals surface area contributed by atoms with E-state index in [1.807, 2.05) is 19.9 Å². The number of methoxy groups -OCH3 is 1. The lowest BCUT2D eigenvalue weighted by molar-refractivity contribution is 0.0344. The first-order valence-electron chi connectivity index (χ1n) is 4.53. The van der Waals surface area contributed by atoms with E-state index in [4.69, 9.17) is 10.5 Å². The van der Waals surface area contributed by atoms with Gasteiger partial charge in [-0.3, -0.25) is 4.98 Å². The molecule has 0 atom stereocenters. The van der Waals surface area contributed by atoms with E-state index in [1.165, 1.54) is 0 Å². The number of anilines is 2. The van der Waals surface area contributed by atoms with E-state index in [1.54, 1.807) is 19.5 Å². The van der Waals surface area contributed by atoms with Crippen LogP contribution in [0.15, 0.2) is 18.5 Å². The molecule has 4 heteroatoms. The lowest BCUT2D eigenvalue weighted by Gasteiger charge is -2.23. The number of nitrogens with two attached hydrogens (primary N) is 1. The maximum Gasteiger partial charge on any atom is 0.0794 e. The number of ether oxygens (including phenoxy) is 1. The smallest absolute Gasteiger partial charge is 0.0794 e. The Balaban J connectivity index is 2.54. The molecule has 0 saturated carbocycles. The molecule has 1 aromatic heterocycles. The van der Waals surface area contributed by atoms with Crippen LogP contribution in [0.25, 0.3) is 0 Å². The zero-order valence-electron chi connectivity index (χ0n) is 8.87. The number of pyridine rings is 1. The first-order valence-corrected chi connectivity index (χ1v) is 4.53. The maximum atomic E-state index is 5.60. The van der Waals surface area contributed by atoms with Gasteiger partial charge in [0.05, 0.1) is 23.2 Å². The van der Waals surface area contributed by atoms with Crippen molar-refractivity contribution in [1.29, 1.82) is 0 Å². The van der Waals surface area contributed by atoms with Gasteiger partial charge in [0.25, 0.3) is 0 Å². The Labute approximate surface area is 84.5 Å². The zero-order chi connectivity index (χ0) is 10.6. The summed E-state index contributed by atoms with van der Waals surface area (Å²) in [4.78, 5) is 3.98. The molecule has 1 aromatic rings. The van der Waals surface area contributed by atoms with Gasteiger partial charge in [0.15, 0.2) is 0 Å². The highest BCUT2D eigenvalue weighted by Gasteiger charge is 2.15. The van der Waals surface area contributed by atoms with Crippen LogP contribution in [-0.2, 0) is 4.74 Å². The molecule has 4 nitrogen and oxygen atoms in total. The predicted molar refractivity (Wildman–Crippen MR) is 58.2 cm³/mol. The summed E-state index contributed by atoms with van der Waals surface area (Å²) < 4.78 is 5.28. The fourth-order valence-corrected chi connectivity index (χ4v) is 0.941. The predicted octanol–water partition coefficient (Wildman–Crippen LogP) is 1.50. The number of hydrogen-bond donors (Lipinski definition) is 2. The highest BCUT2D eigenvalue weighted by atomic mass is 16.5. The average Bonchev–Trinajstić information content (AvgIpc) is 2.15. The summed E-state index contributed by atoms with van der Waals surface area (Å²) in [5.74, 6) is 0.